The van der Waals surface area contributed by atoms with Crippen LogP contribution in [0.5, 0.6) is 0 Å². The minimum Gasteiger partial charge on any atom is -0.456 e. The highest BCUT2D eigenvalue weighted by Crippen LogP contribution is 2.23. The molecule has 0 spiro atoms. The summed E-state index contributed by atoms with van der Waals surface area (Å²) in [6, 6.07) is 19.7. The van der Waals surface area contributed by atoms with Gasteiger partial charge in [0.2, 0.25) is 10.0 Å². The van der Waals surface area contributed by atoms with Crippen LogP contribution in [0.25, 0.3) is 10.8 Å². The molecule has 3 aromatic rings. The molecule has 178 valence electrons. The first-order valence-electron chi connectivity index (χ1n) is 11.0. The number of esters is 1. The van der Waals surface area contributed by atoms with E-state index in [1.165, 1.54) is 4.31 Å². The molecule has 1 fully saturated rings. The van der Waals surface area contributed by atoms with Gasteiger partial charge < -0.3 is 14.8 Å². The molecule has 1 N–H and O–H groups in total. The van der Waals surface area contributed by atoms with Crippen LogP contribution in [0.2, 0.25) is 0 Å². The molecule has 0 saturated carbocycles. The summed E-state index contributed by atoms with van der Waals surface area (Å²) in [5.41, 5.74) is 1.46. The fraction of sp³-hybridized carbons (Fsp3) is 0.280. The van der Waals surface area contributed by atoms with Gasteiger partial charge in [-0.3, -0.25) is 9.59 Å². The zero-order chi connectivity index (χ0) is 24.0. The van der Waals surface area contributed by atoms with Gasteiger partial charge in [-0.15, -0.1) is 0 Å². The first kappa shape index (κ1) is 23.9. The highest BCUT2D eigenvalue weighted by Gasteiger charge is 2.26. The average molecular weight is 483 g/mol. The van der Waals surface area contributed by atoms with Gasteiger partial charge >= 0.3 is 5.97 Å². The largest absolute Gasteiger partial charge is 0.456 e. The highest BCUT2D eigenvalue weighted by atomic mass is 32.2. The summed E-state index contributed by atoms with van der Waals surface area (Å²) in [6.45, 7) is 1.07. The summed E-state index contributed by atoms with van der Waals surface area (Å²) in [4.78, 5) is 24.6. The predicted molar refractivity (Wildman–Crippen MR) is 128 cm³/mol. The quantitative estimate of drug-likeness (QED) is 0.496. The number of amides is 1. The Kier molecular flexibility index (Phi) is 7.56. The fourth-order valence-electron chi connectivity index (χ4n) is 3.75. The number of ether oxygens (including phenoxy) is 2. The van der Waals surface area contributed by atoms with Crippen molar-refractivity contribution in [1.29, 1.82) is 0 Å². The van der Waals surface area contributed by atoms with E-state index in [0.29, 0.717) is 38.4 Å². The van der Waals surface area contributed by atoms with Crippen molar-refractivity contribution in [3.63, 3.8) is 0 Å². The molecule has 0 aliphatic carbocycles. The monoisotopic (exact) mass is 482 g/mol. The molecule has 1 aliphatic rings. The average Bonchev–Trinajstić information content (AvgIpc) is 2.87. The van der Waals surface area contributed by atoms with Gasteiger partial charge in [0, 0.05) is 30.6 Å². The molecule has 0 atom stereocenters. The van der Waals surface area contributed by atoms with Crippen LogP contribution < -0.4 is 5.32 Å². The Morgan fingerprint density at radius 1 is 0.941 bits per heavy atom. The van der Waals surface area contributed by atoms with Crippen LogP contribution in [0.4, 0.5) is 5.69 Å². The summed E-state index contributed by atoms with van der Waals surface area (Å²) < 4.78 is 37.1. The molecule has 9 heteroatoms. The molecular formula is C25H26N2O6S. The number of sulfonamides is 1. The van der Waals surface area contributed by atoms with Gasteiger partial charge in [0.15, 0.2) is 6.61 Å². The van der Waals surface area contributed by atoms with Crippen molar-refractivity contribution in [1.82, 2.24) is 4.31 Å². The first-order valence-corrected chi connectivity index (χ1v) is 12.5. The summed E-state index contributed by atoms with van der Waals surface area (Å²) >= 11 is 0. The summed E-state index contributed by atoms with van der Waals surface area (Å²) in [5.74, 6) is -0.916. The van der Waals surface area contributed by atoms with Crippen molar-refractivity contribution in [3.8, 4) is 0 Å². The van der Waals surface area contributed by atoms with Crippen LogP contribution in [0.1, 0.15) is 12.0 Å². The lowest BCUT2D eigenvalue weighted by atomic mass is 10.1. The summed E-state index contributed by atoms with van der Waals surface area (Å²) in [5, 5.41) is 4.68. The number of nitrogens with zero attached hydrogens (tertiary/aromatic N) is 1. The number of fused-ring (bicyclic) bond motifs is 1. The number of hydrogen-bond donors (Lipinski definition) is 1. The lowest BCUT2D eigenvalue weighted by Gasteiger charge is -2.26. The molecule has 4 rings (SSSR count). The Labute approximate surface area is 198 Å². The fourth-order valence-corrected chi connectivity index (χ4v) is 5.16. The van der Waals surface area contributed by atoms with Crippen LogP contribution in [0.15, 0.2) is 71.6 Å². The Morgan fingerprint density at radius 3 is 2.41 bits per heavy atom. The van der Waals surface area contributed by atoms with Crippen LogP contribution >= 0.6 is 0 Å². The smallest absolute Gasteiger partial charge is 0.306 e. The maximum Gasteiger partial charge on any atom is 0.306 e. The van der Waals surface area contributed by atoms with Crippen molar-refractivity contribution < 1.29 is 27.5 Å². The Hall–Kier alpha value is -3.27. The second-order valence-electron chi connectivity index (χ2n) is 7.90. The number of carbonyl (C=O) groups is 2. The number of rotatable bonds is 8. The number of nitrogens with one attached hydrogen (secondary N) is 1. The number of aryl methyl sites for hydroxylation is 1. The molecule has 1 heterocycles. The van der Waals surface area contributed by atoms with Gasteiger partial charge in [-0.25, -0.2) is 8.42 Å². The normalized spacial score (nSPS) is 14.6. The van der Waals surface area contributed by atoms with E-state index in [1.54, 1.807) is 30.3 Å². The van der Waals surface area contributed by atoms with Crippen molar-refractivity contribution in [2.75, 3.05) is 38.2 Å². The van der Waals surface area contributed by atoms with E-state index in [-0.39, 0.29) is 17.9 Å². The minimum absolute atomic E-state index is 0.0805. The van der Waals surface area contributed by atoms with Gasteiger partial charge in [0.05, 0.1) is 18.1 Å². The van der Waals surface area contributed by atoms with Crippen molar-refractivity contribution in [2.24, 2.45) is 0 Å². The third-order valence-corrected chi connectivity index (χ3v) is 7.49. The van der Waals surface area contributed by atoms with Crippen LogP contribution in [0, 0.1) is 0 Å². The number of anilines is 1. The maximum absolute atomic E-state index is 12.7. The molecule has 1 aliphatic heterocycles. The molecule has 3 aromatic carbocycles. The predicted octanol–water partition coefficient (Wildman–Crippen LogP) is 2.98. The number of morpholine rings is 1. The molecule has 0 radical (unpaired) electrons. The van der Waals surface area contributed by atoms with Crippen LogP contribution in [0.3, 0.4) is 0 Å². The van der Waals surface area contributed by atoms with E-state index in [1.807, 2.05) is 36.4 Å². The molecule has 34 heavy (non-hydrogen) atoms. The second-order valence-corrected chi connectivity index (χ2v) is 9.83. The Balaban J connectivity index is 1.25. The number of carbonyl (C=O) groups excluding carboxylic acids is 2. The van der Waals surface area contributed by atoms with Crippen molar-refractivity contribution in [2.45, 2.75) is 17.7 Å². The van der Waals surface area contributed by atoms with Crippen molar-refractivity contribution >= 4 is 38.4 Å². The van der Waals surface area contributed by atoms with E-state index in [4.69, 9.17) is 9.47 Å². The van der Waals surface area contributed by atoms with E-state index in [0.717, 1.165) is 16.3 Å². The van der Waals surface area contributed by atoms with Crippen LogP contribution in [-0.2, 0) is 35.5 Å². The third kappa shape index (κ3) is 5.80. The lowest BCUT2D eigenvalue weighted by molar-refractivity contribution is -0.147. The van der Waals surface area contributed by atoms with Gasteiger partial charge in [-0.2, -0.15) is 4.31 Å². The lowest BCUT2D eigenvalue weighted by Crippen LogP contribution is -2.40. The topological polar surface area (TPSA) is 102 Å². The standard InChI is InChI=1S/C25H26N2O6S/c28-24(26-23-7-3-5-20-4-1-2-6-22(20)23)18-33-25(29)13-10-19-8-11-21(12-9-19)34(30,31)27-14-16-32-17-15-27/h1-9,11-12H,10,13-18H2,(H,26,28). The molecule has 1 amide bonds. The van der Waals surface area contributed by atoms with Gasteiger partial charge in [0.1, 0.15) is 0 Å². The number of benzene rings is 3. The van der Waals surface area contributed by atoms with E-state index < -0.39 is 21.9 Å². The van der Waals surface area contributed by atoms with E-state index in [2.05, 4.69) is 5.32 Å². The molecule has 0 aromatic heterocycles. The molecule has 8 nitrogen and oxygen atoms in total. The Morgan fingerprint density at radius 2 is 1.65 bits per heavy atom. The molecule has 1 saturated heterocycles. The van der Waals surface area contributed by atoms with Gasteiger partial charge in [0.25, 0.3) is 5.91 Å². The van der Waals surface area contributed by atoms with Gasteiger partial charge in [-0.1, -0.05) is 48.5 Å². The second kappa shape index (κ2) is 10.8. The molecule has 0 unspecified atom stereocenters. The number of hydrogen-bond acceptors (Lipinski definition) is 6. The Bertz CT molecular complexity index is 1260. The third-order valence-electron chi connectivity index (χ3n) is 5.58. The summed E-state index contributed by atoms with van der Waals surface area (Å²) in [7, 11) is -3.55. The van der Waals surface area contributed by atoms with E-state index >= 15 is 0 Å². The van der Waals surface area contributed by atoms with E-state index in [9.17, 15) is 18.0 Å². The maximum atomic E-state index is 12.7. The molecular weight excluding hydrogens is 456 g/mol. The highest BCUT2D eigenvalue weighted by molar-refractivity contribution is 7.89. The van der Waals surface area contributed by atoms with Crippen molar-refractivity contribution in [3.05, 3.63) is 72.3 Å². The molecule has 0 bridgehead atoms. The minimum atomic E-state index is -3.55. The van der Waals surface area contributed by atoms with Crippen LogP contribution in [-0.4, -0.2) is 57.5 Å². The summed E-state index contributed by atoms with van der Waals surface area (Å²) in [6.07, 6.45) is 0.457. The zero-order valence-corrected chi connectivity index (χ0v) is 19.4. The van der Waals surface area contributed by atoms with Gasteiger partial charge in [-0.05, 0) is 35.6 Å². The zero-order valence-electron chi connectivity index (χ0n) is 18.6. The SMILES string of the molecule is O=C(COC(=O)CCc1ccc(S(=O)(=O)N2CCOCC2)cc1)Nc1cccc2ccccc12. The first-order chi connectivity index (χ1) is 16.4.